The van der Waals surface area contributed by atoms with E-state index in [2.05, 4.69) is 15.1 Å². The van der Waals surface area contributed by atoms with Crippen LogP contribution < -0.4 is 0 Å². The molecule has 1 fully saturated rings. The number of carbonyl (C=O) groups is 1. The third-order valence-corrected chi connectivity index (χ3v) is 7.99. The van der Waals surface area contributed by atoms with Crippen molar-refractivity contribution in [2.75, 3.05) is 13.1 Å². The molecule has 1 N–H and O–H groups in total. The lowest BCUT2D eigenvalue weighted by atomic mass is 10.0. The largest absolute Gasteiger partial charge is 0.444 e. The summed E-state index contributed by atoms with van der Waals surface area (Å²) in [4.78, 5) is 23.4. The Balaban J connectivity index is 1.56. The van der Waals surface area contributed by atoms with Gasteiger partial charge in [-0.25, -0.2) is 27.2 Å². The van der Waals surface area contributed by atoms with E-state index in [9.17, 15) is 18.4 Å². The molecule has 3 aromatic heterocycles. The second kappa shape index (κ2) is 9.18. The summed E-state index contributed by atoms with van der Waals surface area (Å²) in [5.74, 6) is 0.418. The maximum atomic E-state index is 13.3. The summed E-state index contributed by atoms with van der Waals surface area (Å²) in [6.45, 7) is 6.46. The minimum atomic E-state index is -3.86. The zero-order chi connectivity index (χ0) is 26.4. The molecule has 0 unspecified atom stereocenters. The van der Waals surface area contributed by atoms with E-state index in [1.807, 2.05) is 25.3 Å². The molecule has 0 radical (unpaired) electrons. The predicted molar refractivity (Wildman–Crippen MR) is 138 cm³/mol. The van der Waals surface area contributed by atoms with Crippen LogP contribution in [-0.2, 0) is 14.8 Å². The normalized spacial score (nSPS) is 15.7. The van der Waals surface area contributed by atoms with E-state index in [4.69, 9.17) is 4.74 Å². The first-order valence-corrected chi connectivity index (χ1v) is 13.4. The highest BCUT2D eigenvalue weighted by molar-refractivity contribution is 7.90. The molecule has 0 aliphatic carbocycles. The second-order valence-corrected chi connectivity index (χ2v) is 11.8. The summed E-state index contributed by atoms with van der Waals surface area (Å²) in [5.41, 5.74) is 0.936. The molecule has 0 spiro atoms. The number of oxime groups is 1. The van der Waals surface area contributed by atoms with E-state index in [1.165, 1.54) is 34.7 Å². The highest BCUT2D eigenvalue weighted by atomic mass is 32.2. The van der Waals surface area contributed by atoms with Gasteiger partial charge in [0.25, 0.3) is 10.0 Å². The zero-order valence-electron chi connectivity index (χ0n) is 20.8. The van der Waals surface area contributed by atoms with Crippen LogP contribution in [0.5, 0.6) is 0 Å². The average molecular weight is 525 g/mol. The van der Waals surface area contributed by atoms with Crippen molar-refractivity contribution in [3.05, 3.63) is 54.6 Å². The van der Waals surface area contributed by atoms with Crippen LogP contribution in [0.3, 0.4) is 0 Å². The van der Waals surface area contributed by atoms with Crippen molar-refractivity contribution in [2.45, 2.75) is 50.2 Å². The Hall–Kier alpha value is -3.93. The van der Waals surface area contributed by atoms with Gasteiger partial charge in [-0.15, -0.1) is 0 Å². The lowest BCUT2D eigenvalue weighted by molar-refractivity contribution is 0.0189. The Bertz CT molecular complexity index is 1590. The van der Waals surface area contributed by atoms with Gasteiger partial charge in [-0.3, -0.25) is 0 Å². The minimum absolute atomic E-state index is 0.0728. The van der Waals surface area contributed by atoms with Crippen molar-refractivity contribution in [2.24, 2.45) is 5.16 Å². The van der Waals surface area contributed by atoms with Crippen LogP contribution in [0.1, 0.15) is 45.5 Å². The number of rotatable bonds is 4. The number of amides is 1. The van der Waals surface area contributed by atoms with Crippen LogP contribution in [-0.4, -0.2) is 68.0 Å². The highest BCUT2D eigenvalue weighted by Crippen LogP contribution is 2.33. The summed E-state index contributed by atoms with van der Waals surface area (Å²) in [6, 6.07) is 9.81. The molecule has 4 aromatic rings. The van der Waals surface area contributed by atoms with Gasteiger partial charge in [-0.1, -0.05) is 23.4 Å². The summed E-state index contributed by atoms with van der Waals surface area (Å²) >= 11 is 0. The first-order chi connectivity index (χ1) is 17.6. The first-order valence-electron chi connectivity index (χ1n) is 11.9. The van der Waals surface area contributed by atoms with Crippen LogP contribution in [0.2, 0.25) is 0 Å². The number of piperidine rings is 1. The van der Waals surface area contributed by atoms with Gasteiger partial charge < -0.3 is 19.4 Å². The van der Waals surface area contributed by atoms with Gasteiger partial charge in [0, 0.05) is 30.7 Å². The van der Waals surface area contributed by atoms with Gasteiger partial charge in [0.15, 0.2) is 11.5 Å². The SMILES string of the molecule is CC(C)(C)OC(=O)N1CCC(n2c(C=NO)nc3cnc4c(ccn4S(=O)(=O)c4ccccc4)c32)CC1. The lowest BCUT2D eigenvalue weighted by Gasteiger charge is -2.34. The Morgan fingerprint density at radius 2 is 1.86 bits per heavy atom. The quantitative estimate of drug-likeness (QED) is 0.242. The van der Waals surface area contributed by atoms with Crippen LogP contribution >= 0.6 is 0 Å². The molecule has 194 valence electrons. The number of pyridine rings is 1. The number of hydrogen-bond acceptors (Lipinski definition) is 8. The van der Waals surface area contributed by atoms with Crippen LogP contribution in [0.15, 0.2) is 58.8 Å². The number of likely N-dealkylation sites (tertiary alicyclic amines) is 1. The van der Waals surface area contributed by atoms with Gasteiger partial charge in [-0.05, 0) is 51.8 Å². The number of ether oxygens (including phenoxy) is 1. The summed E-state index contributed by atoms with van der Waals surface area (Å²) in [5, 5.41) is 13.1. The topological polar surface area (TPSA) is 132 Å². The van der Waals surface area contributed by atoms with Crippen molar-refractivity contribution < 1.29 is 23.2 Å². The number of fused-ring (bicyclic) bond motifs is 3. The van der Waals surface area contributed by atoms with Crippen molar-refractivity contribution in [1.82, 2.24) is 23.4 Å². The number of imidazole rings is 1. The molecule has 11 nitrogen and oxygen atoms in total. The molecule has 0 atom stereocenters. The number of benzene rings is 1. The smallest absolute Gasteiger partial charge is 0.410 e. The number of nitrogens with zero attached hydrogens (tertiary/aromatic N) is 6. The Morgan fingerprint density at radius 1 is 1.16 bits per heavy atom. The van der Waals surface area contributed by atoms with Crippen molar-refractivity contribution in [1.29, 1.82) is 0 Å². The predicted octanol–water partition coefficient (Wildman–Crippen LogP) is 4.00. The van der Waals surface area contributed by atoms with Gasteiger partial charge in [-0.2, -0.15) is 0 Å². The molecule has 1 saturated heterocycles. The maximum Gasteiger partial charge on any atom is 0.410 e. The van der Waals surface area contributed by atoms with E-state index in [0.717, 1.165) is 0 Å². The monoisotopic (exact) mass is 524 g/mol. The Morgan fingerprint density at radius 3 is 2.51 bits per heavy atom. The zero-order valence-corrected chi connectivity index (χ0v) is 21.6. The first kappa shape index (κ1) is 24.8. The Labute approximate surface area is 214 Å². The molecule has 37 heavy (non-hydrogen) atoms. The van der Waals surface area contributed by atoms with Crippen molar-refractivity contribution in [3.63, 3.8) is 0 Å². The molecule has 4 heterocycles. The van der Waals surface area contributed by atoms with Crippen LogP contribution in [0.4, 0.5) is 4.79 Å². The average Bonchev–Trinajstić information content (AvgIpc) is 3.45. The molecule has 1 aliphatic heterocycles. The molecule has 1 aliphatic rings. The maximum absolute atomic E-state index is 13.3. The fourth-order valence-corrected chi connectivity index (χ4v) is 6.03. The molecular formula is C25H28N6O5S. The van der Waals surface area contributed by atoms with E-state index >= 15 is 0 Å². The number of aromatic nitrogens is 4. The molecule has 1 amide bonds. The minimum Gasteiger partial charge on any atom is -0.444 e. The number of hydrogen-bond donors (Lipinski definition) is 1. The molecule has 5 rings (SSSR count). The van der Waals surface area contributed by atoms with Crippen molar-refractivity contribution >= 4 is 44.4 Å². The third-order valence-electron chi connectivity index (χ3n) is 6.31. The van der Waals surface area contributed by atoms with E-state index in [-0.39, 0.29) is 22.7 Å². The highest BCUT2D eigenvalue weighted by Gasteiger charge is 2.30. The molecule has 0 saturated carbocycles. The summed E-state index contributed by atoms with van der Waals surface area (Å²) in [7, 11) is -3.86. The van der Waals surface area contributed by atoms with E-state index in [0.29, 0.717) is 48.2 Å². The summed E-state index contributed by atoms with van der Waals surface area (Å²) in [6.07, 6.45) is 5.14. The molecule has 12 heteroatoms. The lowest BCUT2D eigenvalue weighted by Crippen LogP contribution is -2.42. The van der Waals surface area contributed by atoms with Crippen molar-refractivity contribution in [3.8, 4) is 0 Å². The molecule has 1 aromatic carbocycles. The van der Waals surface area contributed by atoms with E-state index < -0.39 is 15.6 Å². The van der Waals surface area contributed by atoms with Gasteiger partial charge >= 0.3 is 6.09 Å². The van der Waals surface area contributed by atoms with Crippen LogP contribution in [0.25, 0.3) is 22.1 Å². The summed E-state index contributed by atoms with van der Waals surface area (Å²) < 4.78 is 35.3. The van der Waals surface area contributed by atoms with Crippen LogP contribution in [0, 0.1) is 0 Å². The number of carbonyl (C=O) groups excluding carboxylic acids is 1. The van der Waals surface area contributed by atoms with Gasteiger partial charge in [0.2, 0.25) is 0 Å². The van der Waals surface area contributed by atoms with Gasteiger partial charge in [0.1, 0.15) is 17.3 Å². The fourth-order valence-electron chi connectivity index (χ4n) is 4.71. The molecule has 0 bridgehead atoms. The second-order valence-electron chi connectivity index (χ2n) is 9.94. The molecular weight excluding hydrogens is 496 g/mol. The van der Waals surface area contributed by atoms with E-state index in [1.54, 1.807) is 29.2 Å². The third kappa shape index (κ3) is 4.52. The Kier molecular flexibility index (Phi) is 6.14. The standard InChI is InChI=1S/C25H28N6O5S/c1-25(2,3)36-24(32)29-12-9-17(10-13-29)31-21(16-27-33)28-20-15-26-23-19(22(20)31)11-14-30(23)37(34,35)18-7-5-4-6-8-18/h4-8,11,14-17,33H,9-10,12-13H2,1-3H3. The van der Waals surface area contributed by atoms with Gasteiger partial charge in [0.05, 0.1) is 16.6 Å². The fraction of sp³-hybridized carbons (Fsp3) is 0.360.